The van der Waals surface area contributed by atoms with Crippen LogP contribution in [-0.4, -0.2) is 61.5 Å². The lowest BCUT2D eigenvalue weighted by atomic mass is 10.4. The number of nitrogen functional groups attached to an aromatic ring is 1. The molecule has 1 aliphatic rings. The molecule has 5 N–H and O–H groups in total. The van der Waals surface area contributed by atoms with Gasteiger partial charge in [0.15, 0.2) is 5.13 Å². The van der Waals surface area contributed by atoms with Crippen LogP contribution in [0.1, 0.15) is 9.67 Å². The molecule has 0 saturated carbocycles. The zero-order valence-electron chi connectivity index (χ0n) is 11.3. The van der Waals surface area contributed by atoms with Gasteiger partial charge in [-0.15, -0.1) is 0 Å². The minimum absolute atomic E-state index is 0.140. The molecular weight excluding hydrogens is 280 g/mol. The summed E-state index contributed by atoms with van der Waals surface area (Å²) >= 11 is 1.25. The molecule has 0 spiro atoms. The first kappa shape index (κ1) is 14.5. The summed E-state index contributed by atoms with van der Waals surface area (Å²) in [5.41, 5.74) is 10.9. The molecule has 0 bridgehead atoms. The lowest BCUT2D eigenvalue weighted by molar-refractivity contribution is -0.118. The Morgan fingerprint density at radius 3 is 2.70 bits per heavy atom. The van der Waals surface area contributed by atoms with Crippen molar-refractivity contribution in [3.8, 4) is 0 Å². The topological polar surface area (TPSA) is 118 Å². The van der Waals surface area contributed by atoms with Gasteiger partial charge in [-0.1, -0.05) is 11.3 Å². The van der Waals surface area contributed by atoms with Crippen molar-refractivity contribution in [1.82, 2.24) is 15.2 Å². The number of rotatable bonds is 4. The van der Waals surface area contributed by atoms with Gasteiger partial charge in [0, 0.05) is 33.2 Å². The van der Waals surface area contributed by atoms with Crippen LogP contribution in [0.4, 0.5) is 10.9 Å². The number of anilines is 2. The number of piperazine rings is 1. The van der Waals surface area contributed by atoms with E-state index in [9.17, 15) is 9.59 Å². The SMILES string of the molecule is CN(CC(N)=O)C(=O)c1sc(N2CCNCC2)nc1N. The van der Waals surface area contributed by atoms with E-state index < -0.39 is 5.91 Å². The molecule has 2 heterocycles. The van der Waals surface area contributed by atoms with Gasteiger partial charge in [0.05, 0.1) is 6.54 Å². The van der Waals surface area contributed by atoms with E-state index in [2.05, 4.69) is 15.2 Å². The van der Waals surface area contributed by atoms with Gasteiger partial charge in [-0.25, -0.2) is 4.98 Å². The van der Waals surface area contributed by atoms with Crippen molar-refractivity contribution in [3.63, 3.8) is 0 Å². The Balaban J connectivity index is 2.14. The number of thiazole rings is 1. The molecule has 0 aliphatic carbocycles. The first-order valence-corrected chi connectivity index (χ1v) is 7.06. The molecule has 0 radical (unpaired) electrons. The Bertz CT molecular complexity index is 511. The molecule has 110 valence electrons. The van der Waals surface area contributed by atoms with Gasteiger partial charge in [0.1, 0.15) is 10.7 Å². The van der Waals surface area contributed by atoms with E-state index >= 15 is 0 Å². The molecule has 1 aliphatic heterocycles. The van der Waals surface area contributed by atoms with Gasteiger partial charge in [0.2, 0.25) is 5.91 Å². The summed E-state index contributed by atoms with van der Waals surface area (Å²) in [6.45, 7) is 3.28. The Morgan fingerprint density at radius 2 is 2.10 bits per heavy atom. The number of hydrogen-bond donors (Lipinski definition) is 3. The Hall–Kier alpha value is -1.87. The summed E-state index contributed by atoms with van der Waals surface area (Å²) in [5, 5.41) is 3.98. The lowest BCUT2D eigenvalue weighted by Crippen LogP contribution is -2.43. The molecule has 9 heteroatoms. The number of nitrogens with zero attached hydrogens (tertiary/aromatic N) is 3. The fourth-order valence-corrected chi connectivity index (χ4v) is 2.98. The van der Waals surface area contributed by atoms with Crippen molar-refractivity contribution in [2.24, 2.45) is 5.73 Å². The summed E-state index contributed by atoms with van der Waals surface area (Å²) in [4.78, 5) is 31.0. The van der Waals surface area contributed by atoms with Crippen molar-refractivity contribution < 1.29 is 9.59 Å². The second kappa shape index (κ2) is 6.06. The van der Waals surface area contributed by atoms with Crippen molar-refractivity contribution >= 4 is 34.1 Å². The average molecular weight is 298 g/mol. The monoisotopic (exact) mass is 298 g/mol. The van der Waals surface area contributed by atoms with Gasteiger partial charge >= 0.3 is 0 Å². The van der Waals surface area contributed by atoms with Crippen LogP contribution in [0.3, 0.4) is 0 Å². The minimum atomic E-state index is -0.564. The lowest BCUT2D eigenvalue weighted by Gasteiger charge is -2.26. The number of nitrogens with two attached hydrogens (primary N) is 2. The van der Waals surface area contributed by atoms with Crippen LogP contribution >= 0.6 is 11.3 Å². The number of aromatic nitrogens is 1. The molecule has 0 aromatic carbocycles. The Morgan fingerprint density at radius 1 is 1.45 bits per heavy atom. The van der Waals surface area contributed by atoms with Crippen LogP contribution < -0.4 is 21.7 Å². The fourth-order valence-electron chi connectivity index (χ4n) is 1.94. The zero-order valence-corrected chi connectivity index (χ0v) is 12.1. The van der Waals surface area contributed by atoms with Gasteiger partial charge < -0.3 is 26.6 Å². The van der Waals surface area contributed by atoms with Gasteiger partial charge in [-0.05, 0) is 0 Å². The Labute approximate surface area is 120 Å². The summed E-state index contributed by atoms with van der Waals surface area (Å²) in [6, 6.07) is 0. The van der Waals surface area contributed by atoms with Gasteiger partial charge in [-0.2, -0.15) is 0 Å². The van der Waals surface area contributed by atoms with Crippen molar-refractivity contribution in [1.29, 1.82) is 0 Å². The smallest absolute Gasteiger partial charge is 0.268 e. The van der Waals surface area contributed by atoms with Crippen LogP contribution in [0, 0.1) is 0 Å². The number of carbonyl (C=O) groups excluding carboxylic acids is 2. The quantitative estimate of drug-likeness (QED) is 0.635. The number of likely N-dealkylation sites (N-methyl/N-ethyl adjacent to an activating group) is 1. The second-order valence-corrected chi connectivity index (χ2v) is 5.55. The number of hydrogen-bond acceptors (Lipinski definition) is 7. The third-order valence-corrected chi connectivity index (χ3v) is 4.08. The van der Waals surface area contributed by atoms with E-state index in [1.54, 1.807) is 0 Å². The molecular formula is C11H18N6O2S. The van der Waals surface area contributed by atoms with E-state index in [1.165, 1.54) is 23.3 Å². The van der Waals surface area contributed by atoms with Crippen LogP contribution in [0.15, 0.2) is 0 Å². The van der Waals surface area contributed by atoms with Crippen molar-refractivity contribution in [2.75, 3.05) is 50.4 Å². The van der Waals surface area contributed by atoms with E-state index in [0.29, 0.717) is 4.88 Å². The van der Waals surface area contributed by atoms with Gasteiger partial charge in [-0.3, -0.25) is 9.59 Å². The van der Waals surface area contributed by atoms with Gasteiger partial charge in [0.25, 0.3) is 5.91 Å². The average Bonchev–Trinajstić information content (AvgIpc) is 2.80. The normalized spacial score (nSPS) is 15.2. The fraction of sp³-hybridized carbons (Fsp3) is 0.545. The summed E-state index contributed by atoms with van der Waals surface area (Å²) in [6.07, 6.45) is 0. The number of nitrogens with one attached hydrogen (secondary N) is 1. The van der Waals surface area contributed by atoms with E-state index in [0.717, 1.165) is 31.3 Å². The standard InChI is InChI=1S/C11H18N6O2S/c1-16(6-7(12)18)10(19)8-9(13)15-11(20-8)17-4-2-14-3-5-17/h14H,2-6,13H2,1H3,(H2,12,18). The summed E-state index contributed by atoms with van der Waals surface area (Å²) in [7, 11) is 1.51. The van der Waals surface area contributed by atoms with Crippen LogP contribution in [0.5, 0.6) is 0 Å². The molecule has 1 saturated heterocycles. The number of carbonyl (C=O) groups is 2. The molecule has 1 aromatic rings. The summed E-state index contributed by atoms with van der Waals surface area (Å²) < 4.78 is 0. The highest BCUT2D eigenvalue weighted by Crippen LogP contribution is 2.29. The number of primary amides is 1. The van der Waals surface area contributed by atoms with Crippen LogP contribution in [-0.2, 0) is 4.79 Å². The van der Waals surface area contributed by atoms with E-state index in [4.69, 9.17) is 11.5 Å². The van der Waals surface area contributed by atoms with E-state index in [1.807, 2.05) is 0 Å². The number of amides is 2. The highest BCUT2D eigenvalue weighted by atomic mass is 32.1. The molecule has 1 aromatic heterocycles. The third kappa shape index (κ3) is 3.17. The molecule has 20 heavy (non-hydrogen) atoms. The van der Waals surface area contributed by atoms with E-state index in [-0.39, 0.29) is 18.3 Å². The van der Waals surface area contributed by atoms with Crippen LogP contribution in [0.2, 0.25) is 0 Å². The minimum Gasteiger partial charge on any atom is -0.382 e. The highest BCUT2D eigenvalue weighted by molar-refractivity contribution is 7.18. The maximum Gasteiger partial charge on any atom is 0.268 e. The molecule has 2 rings (SSSR count). The Kier molecular flexibility index (Phi) is 4.40. The molecule has 8 nitrogen and oxygen atoms in total. The molecule has 0 atom stereocenters. The van der Waals surface area contributed by atoms with Crippen LogP contribution in [0.25, 0.3) is 0 Å². The summed E-state index contributed by atoms with van der Waals surface area (Å²) in [5.74, 6) is -0.698. The molecule has 1 fully saturated rings. The third-order valence-electron chi connectivity index (χ3n) is 2.96. The van der Waals surface area contributed by atoms with Crippen molar-refractivity contribution in [3.05, 3.63) is 4.88 Å². The zero-order chi connectivity index (χ0) is 14.7. The predicted molar refractivity (Wildman–Crippen MR) is 77.8 cm³/mol. The first-order valence-electron chi connectivity index (χ1n) is 6.24. The van der Waals surface area contributed by atoms with Crippen molar-refractivity contribution in [2.45, 2.75) is 0 Å². The maximum atomic E-state index is 12.2. The maximum absolute atomic E-state index is 12.2. The molecule has 0 unspecified atom stereocenters. The first-order chi connectivity index (χ1) is 9.49. The predicted octanol–water partition coefficient (Wildman–Crippen LogP) is -1.31. The second-order valence-electron chi connectivity index (χ2n) is 4.58. The molecule has 2 amide bonds. The largest absolute Gasteiger partial charge is 0.382 e. The highest BCUT2D eigenvalue weighted by Gasteiger charge is 2.23.